The summed E-state index contributed by atoms with van der Waals surface area (Å²) in [5.41, 5.74) is 0. The molecule has 6 heteroatoms. The third kappa shape index (κ3) is 6.80. The Morgan fingerprint density at radius 3 is 2.88 bits per heavy atom. The van der Waals surface area contributed by atoms with Crippen molar-refractivity contribution >= 4 is 5.82 Å². The molecule has 1 rings (SSSR count). The summed E-state index contributed by atoms with van der Waals surface area (Å²) in [5.74, 6) is -0.0109. The SMILES string of the molecule is COCCOCCCCNc1cc(F)ncn1. The highest BCUT2D eigenvalue weighted by atomic mass is 19.1. The van der Waals surface area contributed by atoms with E-state index in [9.17, 15) is 4.39 Å². The number of rotatable bonds is 9. The zero-order valence-corrected chi connectivity index (χ0v) is 9.99. The molecule has 0 saturated carbocycles. The Labute approximate surface area is 100 Å². The second-order valence-corrected chi connectivity index (χ2v) is 3.47. The summed E-state index contributed by atoms with van der Waals surface area (Å²) < 4.78 is 22.9. The van der Waals surface area contributed by atoms with Crippen LogP contribution in [-0.4, -0.2) is 43.4 Å². The van der Waals surface area contributed by atoms with Gasteiger partial charge in [0.1, 0.15) is 12.1 Å². The molecule has 0 amide bonds. The molecule has 1 aromatic rings. The van der Waals surface area contributed by atoms with Crippen molar-refractivity contribution in [1.82, 2.24) is 9.97 Å². The molecule has 0 unspecified atom stereocenters. The van der Waals surface area contributed by atoms with E-state index in [4.69, 9.17) is 9.47 Å². The molecule has 1 heterocycles. The van der Waals surface area contributed by atoms with E-state index < -0.39 is 5.95 Å². The van der Waals surface area contributed by atoms with Crippen LogP contribution < -0.4 is 5.32 Å². The molecular formula is C11H18FN3O2. The van der Waals surface area contributed by atoms with Gasteiger partial charge in [0.15, 0.2) is 0 Å². The van der Waals surface area contributed by atoms with Crippen LogP contribution in [0.1, 0.15) is 12.8 Å². The van der Waals surface area contributed by atoms with Gasteiger partial charge in [-0.25, -0.2) is 9.97 Å². The third-order valence-corrected chi connectivity index (χ3v) is 2.09. The van der Waals surface area contributed by atoms with Crippen LogP contribution in [0.25, 0.3) is 0 Å². The lowest BCUT2D eigenvalue weighted by Gasteiger charge is -2.05. The van der Waals surface area contributed by atoms with Gasteiger partial charge in [-0.2, -0.15) is 4.39 Å². The molecule has 0 aliphatic carbocycles. The quantitative estimate of drug-likeness (QED) is 0.526. The molecule has 17 heavy (non-hydrogen) atoms. The first kappa shape index (κ1) is 13.8. The van der Waals surface area contributed by atoms with Gasteiger partial charge in [0.05, 0.1) is 13.2 Å². The molecule has 0 aromatic carbocycles. The van der Waals surface area contributed by atoms with Crippen LogP contribution in [0.15, 0.2) is 12.4 Å². The predicted molar refractivity (Wildman–Crippen MR) is 62.4 cm³/mol. The number of methoxy groups -OCH3 is 1. The first-order valence-corrected chi connectivity index (χ1v) is 5.61. The van der Waals surface area contributed by atoms with Gasteiger partial charge >= 0.3 is 0 Å². The maximum absolute atomic E-state index is 12.7. The highest BCUT2D eigenvalue weighted by Gasteiger charge is 1.96. The molecule has 96 valence electrons. The van der Waals surface area contributed by atoms with Gasteiger partial charge in [-0.05, 0) is 12.8 Å². The summed E-state index contributed by atoms with van der Waals surface area (Å²) in [6.45, 7) is 2.70. The minimum atomic E-state index is -0.523. The van der Waals surface area contributed by atoms with Crippen LogP contribution in [0.3, 0.4) is 0 Å². The van der Waals surface area contributed by atoms with E-state index in [0.29, 0.717) is 25.6 Å². The predicted octanol–water partition coefficient (Wildman–Crippen LogP) is 1.47. The minimum absolute atomic E-state index is 0.512. The monoisotopic (exact) mass is 243 g/mol. The molecule has 0 bridgehead atoms. The Hall–Kier alpha value is -1.27. The van der Waals surface area contributed by atoms with E-state index in [1.165, 1.54) is 12.4 Å². The van der Waals surface area contributed by atoms with Crippen molar-refractivity contribution in [2.24, 2.45) is 0 Å². The number of ether oxygens (including phenoxy) is 2. The van der Waals surface area contributed by atoms with Crippen LogP contribution in [0, 0.1) is 5.95 Å². The van der Waals surface area contributed by atoms with Crippen molar-refractivity contribution in [3.8, 4) is 0 Å². The van der Waals surface area contributed by atoms with Gasteiger partial charge in [0, 0.05) is 26.3 Å². The molecule has 0 aliphatic rings. The van der Waals surface area contributed by atoms with Gasteiger partial charge in [0.2, 0.25) is 5.95 Å². The molecule has 1 N–H and O–H groups in total. The second kappa shape index (κ2) is 8.83. The lowest BCUT2D eigenvalue weighted by atomic mass is 10.3. The second-order valence-electron chi connectivity index (χ2n) is 3.47. The third-order valence-electron chi connectivity index (χ3n) is 2.09. The van der Waals surface area contributed by atoms with E-state index in [0.717, 1.165) is 19.4 Å². The fraction of sp³-hybridized carbons (Fsp3) is 0.636. The maximum Gasteiger partial charge on any atom is 0.217 e. The molecule has 0 saturated heterocycles. The number of hydrogen-bond acceptors (Lipinski definition) is 5. The van der Waals surface area contributed by atoms with Crippen molar-refractivity contribution in [3.05, 3.63) is 18.3 Å². The number of anilines is 1. The summed E-state index contributed by atoms with van der Waals surface area (Å²) in [6.07, 6.45) is 3.09. The minimum Gasteiger partial charge on any atom is -0.382 e. The number of nitrogens with zero attached hydrogens (tertiary/aromatic N) is 2. The van der Waals surface area contributed by atoms with Gasteiger partial charge in [-0.1, -0.05) is 0 Å². The summed E-state index contributed by atoms with van der Waals surface area (Å²) in [5, 5.41) is 3.02. The van der Waals surface area contributed by atoms with E-state index in [-0.39, 0.29) is 0 Å². The molecule has 0 spiro atoms. The van der Waals surface area contributed by atoms with Crippen LogP contribution in [0.5, 0.6) is 0 Å². The van der Waals surface area contributed by atoms with E-state index in [1.807, 2.05) is 0 Å². The van der Waals surface area contributed by atoms with E-state index in [1.54, 1.807) is 7.11 Å². The van der Waals surface area contributed by atoms with Gasteiger partial charge < -0.3 is 14.8 Å². The highest BCUT2D eigenvalue weighted by Crippen LogP contribution is 2.02. The standard InChI is InChI=1S/C11H18FN3O2/c1-16-6-7-17-5-3-2-4-13-11-8-10(12)14-9-15-11/h8-9H,2-7H2,1H3,(H,13,14,15). The normalized spacial score (nSPS) is 10.5. The zero-order chi connectivity index (χ0) is 12.3. The Morgan fingerprint density at radius 2 is 2.12 bits per heavy atom. The van der Waals surface area contributed by atoms with Crippen molar-refractivity contribution in [2.45, 2.75) is 12.8 Å². The number of nitrogens with one attached hydrogen (secondary N) is 1. The molecule has 0 radical (unpaired) electrons. The number of hydrogen-bond donors (Lipinski definition) is 1. The fourth-order valence-electron chi connectivity index (χ4n) is 1.22. The van der Waals surface area contributed by atoms with E-state index >= 15 is 0 Å². The lowest BCUT2D eigenvalue weighted by Crippen LogP contribution is -2.07. The first-order valence-electron chi connectivity index (χ1n) is 5.61. The summed E-state index contributed by atoms with van der Waals surface area (Å²) in [4.78, 5) is 7.26. The van der Waals surface area contributed by atoms with Gasteiger partial charge in [0.25, 0.3) is 0 Å². The molecule has 0 aliphatic heterocycles. The average Bonchev–Trinajstić information content (AvgIpc) is 2.33. The fourth-order valence-corrected chi connectivity index (χ4v) is 1.22. The Bertz CT molecular complexity index is 313. The zero-order valence-electron chi connectivity index (χ0n) is 9.99. The van der Waals surface area contributed by atoms with Crippen molar-refractivity contribution in [2.75, 3.05) is 38.8 Å². The first-order chi connectivity index (χ1) is 8.33. The smallest absolute Gasteiger partial charge is 0.217 e. The lowest BCUT2D eigenvalue weighted by molar-refractivity contribution is 0.0691. The molecule has 5 nitrogen and oxygen atoms in total. The van der Waals surface area contributed by atoms with E-state index in [2.05, 4.69) is 15.3 Å². The number of aromatic nitrogens is 2. The van der Waals surface area contributed by atoms with Crippen LogP contribution in [-0.2, 0) is 9.47 Å². The molecule has 1 aromatic heterocycles. The number of halogens is 1. The Morgan fingerprint density at radius 1 is 1.24 bits per heavy atom. The van der Waals surface area contributed by atoms with Crippen molar-refractivity contribution in [1.29, 1.82) is 0 Å². The largest absolute Gasteiger partial charge is 0.382 e. The van der Waals surface area contributed by atoms with Gasteiger partial charge in [-0.15, -0.1) is 0 Å². The summed E-state index contributed by atoms with van der Waals surface area (Å²) >= 11 is 0. The summed E-state index contributed by atoms with van der Waals surface area (Å²) in [6, 6.07) is 1.27. The molecular weight excluding hydrogens is 225 g/mol. The maximum atomic E-state index is 12.7. The highest BCUT2D eigenvalue weighted by molar-refractivity contribution is 5.31. The molecule has 0 fully saturated rings. The topological polar surface area (TPSA) is 56.3 Å². The molecule has 0 atom stereocenters. The average molecular weight is 243 g/mol. The summed E-state index contributed by atoms with van der Waals surface area (Å²) in [7, 11) is 1.65. The Kier molecular flexibility index (Phi) is 7.17. The van der Waals surface area contributed by atoms with Crippen molar-refractivity contribution in [3.63, 3.8) is 0 Å². The van der Waals surface area contributed by atoms with Crippen LogP contribution >= 0.6 is 0 Å². The number of unbranched alkanes of at least 4 members (excludes halogenated alkanes) is 1. The van der Waals surface area contributed by atoms with Crippen molar-refractivity contribution < 1.29 is 13.9 Å². The van der Waals surface area contributed by atoms with Crippen LogP contribution in [0.4, 0.5) is 10.2 Å². The Balaban J connectivity index is 1.97. The van der Waals surface area contributed by atoms with Crippen LogP contribution in [0.2, 0.25) is 0 Å². The van der Waals surface area contributed by atoms with Gasteiger partial charge in [-0.3, -0.25) is 0 Å².